The van der Waals surface area contributed by atoms with Crippen molar-refractivity contribution in [3.05, 3.63) is 59.2 Å². The zero-order chi connectivity index (χ0) is 24.0. The summed E-state index contributed by atoms with van der Waals surface area (Å²) in [5.74, 6) is -0.351. The molecule has 0 unspecified atom stereocenters. The van der Waals surface area contributed by atoms with Gasteiger partial charge in [0, 0.05) is 43.0 Å². The Morgan fingerprint density at radius 2 is 2.12 bits per heavy atom. The van der Waals surface area contributed by atoms with Crippen LogP contribution < -0.4 is 10.0 Å². The summed E-state index contributed by atoms with van der Waals surface area (Å²) in [5, 5.41) is 8.84. The van der Waals surface area contributed by atoms with Gasteiger partial charge in [-0.3, -0.25) is 14.0 Å². The van der Waals surface area contributed by atoms with Gasteiger partial charge in [0.15, 0.2) is 0 Å². The Morgan fingerprint density at radius 1 is 1.33 bits per heavy atom. The summed E-state index contributed by atoms with van der Waals surface area (Å²) in [5.41, 5.74) is 2.03. The molecule has 0 bridgehead atoms. The minimum Gasteiger partial charge on any atom is -0.391 e. The molecule has 0 saturated carbocycles. The standard InChI is InChI=1S/C22H27ClN6O3S/c1-4-5-10-24-11-6-13-33(31,32)27-20(30)8-7-19-16(2)26-28(3)22(19)29-12-9-17-14-18(23)15-25-21(17)29/h6-9,11-12,14-15,24H,4-5,10,13H2,1-3H3,(H,27,30)/b8-7+,11-6?. The second-order valence-electron chi connectivity index (χ2n) is 7.49. The smallest absolute Gasteiger partial charge is 0.257 e. The summed E-state index contributed by atoms with van der Waals surface area (Å²) in [6.07, 6.45) is 11.2. The highest BCUT2D eigenvalue weighted by Gasteiger charge is 2.17. The Balaban J connectivity index is 1.76. The molecule has 0 aliphatic heterocycles. The lowest BCUT2D eigenvalue weighted by atomic mass is 10.2. The minimum atomic E-state index is -3.80. The fourth-order valence-corrected chi connectivity index (χ4v) is 4.29. The van der Waals surface area contributed by atoms with E-state index in [0.717, 1.165) is 24.8 Å². The number of pyridine rings is 1. The second kappa shape index (κ2) is 10.7. The third-order valence-electron chi connectivity index (χ3n) is 4.84. The SMILES string of the molecule is CCCCNC=CCS(=O)(=O)NC(=O)/C=C/c1c(C)nn(C)c1-n1ccc2cc(Cl)cnc21. The number of carbonyl (C=O) groups excluding carboxylic acids is 1. The first-order chi connectivity index (χ1) is 15.7. The summed E-state index contributed by atoms with van der Waals surface area (Å²) in [4.78, 5) is 16.7. The van der Waals surface area contributed by atoms with Crippen LogP contribution in [0.15, 0.2) is 42.9 Å². The Hall–Kier alpha value is -3.11. The zero-order valence-corrected chi connectivity index (χ0v) is 20.3. The van der Waals surface area contributed by atoms with Crippen LogP contribution in [0.5, 0.6) is 0 Å². The molecule has 1 amide bonds. The summed E-state index contributed by atoms with van der Waals surface area (Å²) in [6.45, 7) is 4.65. The third kappa shape index (κ3) is 6.23. The van der Waals surface area contributed by atoms with Gasteiger partial charge in [-0.25, -0.2) is 18.1 Å². The first-order valence-electron chi connectivity index (χ1n) is 10.5. The van der Waals surface area contributed by atoms with Crippen LogP contribution in [0.2, 0.25) is 5.02 Å². The number of aromatic nitrogens is 4. The topological polar surface area (TPSA) is 111 Å². The number of carbonyl (C=O) groups is 1. The van der Waals surface area contributed by atoms with Crippen LogP contribution in [-0.2, 0) is 21.9 Å². The molecule has 0 fully saturated rings. The van der Waals surface area contributed by atoms with Crippen molar-refractivity contribution in [1.29, 1.82) is 0 Å². The van der Waals surface area contributed by atoms with E-state index in [1.807, 2.05) is 29.8 Å². The highest BCUT2D eigenvalue weighted by molar-refractivity contribution is 7.90. The molecule has 3 aromatic heterocycles. The van der Waals surface area contributed by atoms with Crippen LogP contribution in [-0.4, -0.2) is 46.0 Å². The number of halogens is 1. The Labute approximate surface area is 198 Å². The van der Waals surface area contributed by atoms with E-state index in [1.165, 1.54) is 12.2 Å². The summed E-state index contributed by atoms with van der Waals surface area (Å²) in [7, 11) is -2.01. The molecular formula is C22H27ClN6O3S. The average molecular weight is 491 g/mol. The molecule has 0 spiro atoms. The Morgan fingerprint density at radius 3 is 2.88 bits per heavy atom. The number of aryl methyl sites for hydroxylation is 2. The van der Waals surface area contributed by atoms with Gasteiger partial charge in [-0.05, 0) is 37.8 Å². The van der Waals surface area contributed by atoms with E-state index >= 15 is 0 Å². The number of nitrogens with zero attached hydrogens (tertiary/aromatic N) is 4. The maximum atomic E-state index is 12.3. The molecule has 0 saturated heterocycles. The van der Waals surface area contributed by atoms with Crippen molar-refractivity contribution in [2.24, 2.45) is 7.05 Å². The largest absolute Gasteiger partial charge is 0.391 e. The Bertz CT molecular complexity index is 1310. The molecular weight excluding hydrogens is 464 g/mol. The fourth-order valence-electron chi connectivity index (χ4n) is 3.32. The lowest BCUT2D eigenvalue weighted by Gasteiger charge is -2.07. The number of rotatable bonds is 10. The van der Waals surface area contributed by atoms with Crippen molar-refractivity contribution >= 4 is 44.6 Å². The molecule has 0 aliphatic carbocycles. The highest BCUT2D eigenvalue weighted by atomic mass is 35.5. The van der Waals surface area contributed by atoms with Crippen LogP contribution in [0.25, 0.3) is 22.9 Å². The van der Waals surface area contributed by atoms with Crippen molar-refractivity contribution in [3.63, 3.8) is 0 Å². The molecule has 0 aromatic carbocycles. The number of amides is 1. The van der Waals surface area contributed by atoms with Crippen molar-refractivity contribution in [2.75, 3.05) is 12.3 Å². The van der Waals surface area contributed by atoms with E-state index in [4.69, 9.17) is 11.6 Å². The van der Waals surface area contributed by atoms with Gasteiger partial charge >= 0.3 is 0 Å². The number of unbranched alkanes of at least 4 members (excludes halogenated alkanes) is 1. The van der Waals surface area contributed by atoms with Gasteiger partial charge in [-0.1, -0.05) is 31.0 Å². The van der Waals surface area contributed by atoms with Crippen LogP contribution in [0.4, 0.5) is 0 Å². The molecule has 9 nitrogen and oxygen atoms in total. The van der Waals surface area contributed by atoms with Gasteiger partial charge < -0.3 is 5.32 Å². The van der Waals surface area contributed by atoms with Crippen LogP contribution in [0, 0.1) is 6.92 Å². The predicted molar refractivity (Wildman–Crippen MR) is 131 cm³/mol. The van der Waals surface area contributed by atoms with Gasteiger partial charge in [0.25, 0.3) is 5.91 Å². The highest BCUT2D eigenvalue weighted by Crippen LogP contribution is 2.25. The molecule has 33 heavy (non-hydrogen) atoms. The molecule has 3 heterocycles. The first kappa shape index (κ1) is 24.5. The maximum Gasteiger partial charge on any atom is 0.257 e. The van der Waals surface area contributed by atoms with Crippen molar-refractivity contribution < 1.29 is 13.2 Å². The van der Waals surface area contributed by atoms with Gasteiger partial charge in [0.2, 0.25) is 10.0 Å². The quantitative estimate of drug-likeness (QED) is 0.334. The van der Waals surface area contributed by atoms with Gasteiger partial charge in [0.1, 0.15) is 11.5 Å². The number of nitrogens with one attached hydrogen (secondary N) is 2. The molecule has 176 valence electrons. The maximum absolute atomic E-state index is 12.3. The first-order valence-corrected chi connectivity index (χ1v) is 12.5. The average Bonchev–Trinajstić information content (AvgIpc) is 3.27. The number of hydrogen-bond acceptors (Lipinski definition) is 6. The van der Waals surface area contributed by atoms with E-state index in [9.17, 15) is 13.2 Å². The van der Waals surface area contributed by atoms with E-state index in [1.54, 1.807) is 30.2 Å². The number of fused-ring (bicyclic) bond motifs is 1. The van der Waals surface area contributed by atoms with Gasteiger partial charge in [0.05, 0.1) is 16.5 Å². The molecule has 0 radical (unpaired) electrons. The van der Waals surface area contributed by atoms with Crippen molar-refractivity contribution in [3.8, 4) is 5.82 Å². The van der Waals surface area contributed by atoms with E-state index < -0.39 is 15.9 Å². The van der Waals surface area contributed by atoms with E-state index in [0.29, 0.717) is 27.7 Å². The number of hydrogen-bond donors (Lipinski definition) is 2. The number of sulfonamides is 1. The molecule has 3 aromatic rings. The normalized spacial score (nSPS) is 12.2. The molecule has 3 rings (SSSR count). The Kier molecular flexibility index (Phi) is 7.93. The van der Waals surface area contributed by atoms with Crippen LogP contribution in [0.1, 0.15) is 31.0 Å². The zero-order valence-electron chi connectivity index (χ0n) is 18.7. The van der Waals surface area contributed by atoms with Crippen molar-refractivity contribution in [1.82, 2.24) is 29.4 Å². The lowest BCUT2D eigenvalue weighted by Crippen LogP contribution is -2.30. The van der Waals surface area contributed by atoms with Crippen LogP contribution >= 0.6 is 11.6 Å². The second-order valence-corrected chi connectivity index (χ2v) is 9.69. The summed E-state index contributed by atoms with van der Waals surface area (Å²) < 4.78 is 29.9. The van der Waals surface area contributed by atoms with Crippen molar-refractivity contribution in [2.45, 2.75) is 26.7 Å². The fraction of sp³-hybridized carbons (Fsp3) is 0.318. The van der Waals surface area contributed by atoms with Gasteiger partial charge in [-0.2, -0.15) is 5.10 Å². The molecule has 0 aliphatic rings. The summed E-state index contributed by atoms with van der Waals surface area (Å²) in [6, 6.07) is 3.69. The molecule has 2 N–H and O–H groups in total. The van der Waals surface area contributed by atoms with Gasteiger partial charge in [-0.15, -0.1) is 0 Å². The monoisotopic (exact) mass is 490 g/mol. The molecule has 11 heteroatoms. The van der Waals surface area contributed by atoms with E-state index in [-0.39, 0.29) is 5.75 Å². The van der Waals surface area contributed by atoms with Crippen LogP contribution in [0.3, 0.4) is 0 Å². The minimum absolute atomic E-state index is 0.299. The van der Waals surface area contributed by atoms with E-state index in [2.05, 4.69) is 27.0 Å². The third-order valence-corrected chi connectivity index (χ3v) is 6.19. The summed E-state index contributed by atoms with van der Waals surface area (Å²) >= 11 is 6.04. The lowest BCUT2D eigenvalue weighted by molar-refractivity contribution is -0.114. The predicted octanol–water partition coefficient (Wildman–Crippen LogP) is 3.08. The molecule has 0 atom stereocenters.